The third-order valence-corrected chi connectivity index (χ3v) is 10.2. The second-order valence-corrected chi connectivity index (χ2v) is 16.9. The van der Waals surface area contributed by atoms with Crippen LogP contribution in [0.4, 0.5) is 0 Å². The van der Waals surface area contributed by atoms with E-state index in [1.807, 2.05) is 13.8 Å². The molecule has 0 radical (unpaired) electrons. The van der Waals surface area contributed by atoms with Crippen LogP contribution in [0, 0.1) is 5.92 Å². The zero-order chi connectivity index (χ0) is 55.0. The summed E-state index contributed by atoms with van der Waals surface area (Å²) in [6, 6.07) is -1.63. The summed E-state index contributed by atoms with van der Waals surface area (Å²) in [6.07, 6.45) is 0.274. The number of guanidine groups is 3. The van der Waals surface area contributed by atoms with Crippen molar-refractivity contribution in [2.45, 2.75) is 108 Å². The van der Waals surface area contributed by atoms with E-state index in [4.69, 9.17) is 40.1 Å². The maximum atomic E-state index is 14.0. The number of rotatable bonds is 35. The number of benzene rings is 1. The lowest BCUT2D eigenvalue weighted by Gasteiger charge is -2.26. The van der Waals surface area contributed by atoms with Gasteiger partial charge in [0.2, 0.25) is 47.3 Å². The summed E-state index contributed by atoms with van der Waals surface area (Å²) in [5.74, 6) is -9.30. The molecule has 0 aliphatic rings. The highest BCUT2D eigenvalue weighted by atomic mass is 16.4. The predicted molar refractivity (Wildman–Crippen MR) is 267 cm³/mol. The van der Waals surface area contributed by atoms with Crippen molar-refractivity contribution in [3.8, 4) is 0 Å². The summed E-state index contributed by atoms with van der Waals surface area (Å²) in [5.41, 5.74) is 38.6. The van der Waals surface area contributed by atoms with Crippen molar-refractivity contribution in [3.63, 3.8) is 0 Å². The van der Waals surface area contributed by atoms with E-state index >= 15 is 0 Å². The van der Waals surface area contributed by atoms with Crippen LogP contribution in [0.1, 0.15) is 64.4 Å². The van der Waals surface area contributed by atoms with Gasteiger partial charge in [0.25, 0.3) is 0 Å². The number of hydrogen-bond acceptors (Lipinski definition) is 15. The minimum absolute atomic E-state index is 0.00128. The molecule has 1 rings (SSSR count). The SMILES string of the molecule is CC(C)C[C@H](N)C(=O)NCC(=O)N[C@@H](CO)C(=O)N[C@@H](CCCN=C(N)N)C(=O)N[C@@H](Cc1ccccc1)C(=O)N[C@@H](CO)C(=O)NCC(=O)N[C@@H](CCCN=C(N)N)C(=O)N[C@@H](CCCN=C(N)N)C(=O)O. The number of amides is 8. The molecule has 0 aliphatic carbocycles. The average Bonchev–Trinajstić information content (AvgIpc) is 3.32. The molecule has 408 valence electrons. The summed E-state index contributed by atoms with van der Waals surface area (Å²) in [6.45, 7) is 0.515. The number of aliphatic imine (C=N–C) groups is 3. The lowest BCUT2D eigenvalue weighted by Crippen LogP contribution is -2.60. The lowest BCUT2D eigenvalue weighted by molar-refractivity contribution is -0.142. The van der Waals surface area contributed by atoms with Gasteiger partial charge in [-0.1, -0.05) is 44.2 Å². The molecule has 7 atom stereocenters. The molecule has 1 aromatic carbocycles. The molecule has 0 fully saturated rings. The highest BCUT2D eigenvalue weighted by Crippen LogP contribution is 2.08. The van der Waals surface area contributed by atoms with Gasteiger partial charge in [-0.15, -0.1) is 0 Å². The fourth-order valence-corrected chi connectivity index (χ4v) is 6.54. The number of nitrogens with one attached hydrogen (secondary N) is 8. The van der Waals surface area contributed by atoms with Crippen LogP contribution in [0.3, 0.4) is 0 Å². The Morgan fingerprint density at radius 2 is 0.877 bits per heavy atom. The van der Waals surface area contributed by atoms with Gasteiger partial charge in [-0.3, -0.25) is 53.3 Å². The van der Waals surface area contributed by atoms with Crippen LogP contribution in [0.25, 0.3) is 0 Å². The van der Waals surface area contributed by atoms with Gasteiger partial charge < -0.3 is 98.0 Å². The number of carbonyl (C=O) groups is 9. The lowest BCUT2D eigenvalue weighted by atomic mass is 10.0. The first-order valence-electron chi connectivity index (χ1n) is 23.2. The molecule has 0 unspecified atom stereocenters. The Hall–Kier alpha value is -7.86. The van der Waals surface area contributed by atoms with Gasteiger partial charge in [0.15, 0.2) is 17.9 Å². The van der Waals surface area contributed by atoms with E-state index in [1.165, 1.54) is 0 Å². The molecular formula is C43H74N18O12. The molecule has 0 saturated heterocycles. The highest BCUT2D eigenvalue weighted by Gasteiger charge is 2.32. The number of hydrogen-bond donors (Lipinski definition) is 18. The Morgan fingerprint density at radius 3 is 1.33 bits per heavy atom. The number of aliphatic hydroxyl groups is 2. The van der Waals surface area contributed by atoms with Gasteiger partial charge in [0.05, 0.1) is 32.3 Å². The molecule has 0 heterocycles. The minimum atomic E-state index is -1.72. The second kappa shape index (κ2) is 34.5. The van der Waals surface area contributed by atoms with E-state index in [0.29, 0.717) is 12.0 Å². The molecule has 0 aromatic heterocycles. The van der Waals surface area contributed by atoms with Crippen LogP contribution < -0.4 is 82.7 Å². The Morgan fingerprint density at radius 1 is 0.507 bits per heavy atom. The summed E-state index contributed by atoms with van der Waals surface area (Å²) in [4.78, 5) is 129. The van der Waals surface area contributed by atoms with Crippen LogP contribution in [-0.2, 0) is 49.6 Å². The first-order valence-corrected chi connectivity index (χ1v) is 23.2. The fourth-order valence-electron chi connectivity index (χ4n) is 6.54. The standard InChI is InChI=1S/C43H74N18O12/c1-23(2)17-25(44)34(66)54-19-33(65)57-31(22-63)39(71)58-27(12-7-15-52-42(47)48)37(69)60-29(18-24-9-4-3-5-10-24)38(70)61-30(21-62)35(67)55-20-32(64)56-26(11-6-14-51-41(45)46)36(68)59-28(40(72)73)13-8-16-53-43(49)50/h3-5,9-10,23,25-31,62-63H,6-8,11-22,44H2,1-2H3,(H,54,66)(H,55,67)(H,56,64)(H,57,65)(H,58,71)(H,59,68)(H,60,69)(H,61,70)(H,72,73)(H4,45,46,51)(H4,47,48,52)(H4,49,50,53)/t25-,26-,27-,28-,29-,30-,31-/m0/s1. The number of carbonyl (C=O) groups excluding carboxylic acids is 8. The van der Waals surface area contributed by atoms with Crippen molar-refractivity contribution >= 4 is 71.1 Å². The monoisotopic (exact) mass is 1030 g/mol. The molecule has 0 aliphatic heterocycles. The van der Waals surface area contributed by atoms with Gasteiger partial charge in [0.1, 0.15) is 36.3 Å². The number of aliphatic hydroxyl groups excluding tert-OH is 2. The van der Waals surface area contributed by atoms with Crippen molar-refractivity contribution in [3.05, 3.63) is 35.9 Å². The molecule has 0 bridgehead atoms. The summed E-state index contributed by atoms with van der Waals surface area (Å²) in [5, 5.41) is 48.9. The van der Waals surface area contributed by atoms with Gasteiger partial charge >= 0.3 is 5.97 Å². The fraction of sp³-hybridized carbons (Fsp3) is 0.581. The first-order chi connectivity index (χ1) is 34.5. The summed E-state index contributed by atoms with van der Waals surface area (Å²) >= 11 is 0. The first kappa shape index (κ1) is 63.2. The largest absolute Gasteiger partial charge is 0.480 e. The number of nitrogens with zero attached hydrogens (tertiary/aromatic N) is 3. The Kier molecular flexibility index (Phi) is 29.8. The quantitative estimate of drug-likeness (QED) is 0.0171. The maximum absolute atomic E-state index is 14.0. The predicted octanol–water partition coefficient (Wildman–Crippen LogP) is -8.03. The molecule has 25 N–H and O–H groups in total. The minimum Gasteiger partial charge on any atom is -0.480 e. The molecule has 30 heteroatoms. The van der Waals surface area contributed by atoms with Gasteiger partial charge in [0, 0.05) is 26.1 Å². The Bertz CT molecular complexity index is 2060. The molecule has 1 aromatic rings. The number of aliphatic carboxylic acids is 1. The van der Waals surface area contributed by atoms with E-state index in [0.717, 1.165) is 0 Å². The van der Waals surface area contributed by atoms with Gasteiger partial charge in [-0.2, -0.15) is 0 Å². The molecule has 73 heavy (non-hydrogen) atoms. The average molecular weight is 1040 g/mol. The normalized spacial score (nSPS) is 13.6. The van der Waals surface area contributed by atoms with Crippen molar-refractivity contribution < 1.29 is 58.5 Å². The Balaban J connectivity index is 3.25. The number of carboxylic acids is 1. The van der Waals surface area contributed by atoms with Crippen LogP contribution in [0.2, 0.25) is 0 Å². The van der Waals surface area contributed by atoms with E-state index < -0.39 is 122 Å². The zero-order valence-electron chi connectivity index (χ0n) is 41.0. The molecular weight excluding hydrogens is 961 g/mol. The molecule has 8 amide bonds. The number of nitrogens with two attached hydrogens (primary N) is 7. The van der Waals surface area contributed by atoms with Gasteiger partial charge in [-0.05, 0) is 56.4 Å². The third-order valence-electron chi connectivity index (χ3n) is 10.2. The number of carboxylic acid groups (broad SMARTS) is 1. The Labute approximate surface area is 421 Å². The van der Waals surface area contributed by atoms with Crippen LogP contribution >= 0.6 is 0 Å². The van der Waals surface area contributed by atoms with E-state index in [9.17, 15) is 58.5 Å². The third kappa shape index (κ3) is 27.4. The van der Waals surface area contributed by atoms with Gasteiger partial charge in [-0.25, -0.2) is 4.79 Å². The second-order valence-electron chi connectivity index (χ2n) is 16.9. The van der Waals surface area contributed by atoms with E-state index in [1.54, 1.807) is 30.3 Å². The van der Waals surface area contributed by atoms with Crippen molar-refractivity contribution in [2.75, 3.05) is 45.9 Å². The van der Waals surface area contributed by atoms with E-state index in [2.05, 4.69) is 57.5 Å². The molecule has 30 nitrogen and oxygen atoms in total. The maximum Gasteiger partial charge on any atom is 0.326 e. The molecule has 0 saturated carbocycles. The van der Waals surface area contributed by atoms with Crippen molar-refractivity contribution in [2.24, 2.45) is 61.0 Å². The zero-order valence-corrected chi connectivity index (χ0v) is 41.0. The molecule has 0 spiro atoms. The topological polar surface area (TPSA) is 530 Å². The van der Waals surface area contributed by atoms with Crippen LogP contribution in [0.15, 0.2) is 45.3 Å². The van der Waals surface area contributed by atoms with Crippen molar-refractivity contribution in [1.82, 2.24) is 42.5 Å². The van der Waals surface area contributed by atoms with Crippen molar-refractivity contribution in [1.29, 1.82) is 0 Å². The van der Waals surface area contributed by atoms with Crippen LogP contribution in [0.5, 0.6) is 0 Å². The summed E-state index contributed by atoms with van der Waals surface area (Å²) in [7, 11) is 0. The summed E-state index contributed by atoms with van der Waals surface area (Å²) < 4.78 is 0. The highest BCUT2D eigenvalue weighted by molar-refractivity contribution is 5.97. The smallest absolute Gasteiger partial charge is 0.326 e. The van der Waals surface area contributed by atoms with Crippen LogP contribution in [-0.4, -0.2) is 175 Å². The van der Waals surface area contributed by atoms with E-state index in [-0.39, 0.29) is 88.4 Å².